The molecule has 0 spiro atoms. The van der Waals surface area contributed by atoms with Gasteiger partial charge in [0.15, 0.2) is 0 Å². The minimum atomic E-state index is 0.199. The van der Waals surface area contributed by atoms with Gasteiger partial charge < -0.3 is 15.0 Å². The summed E-state index contributed by atoms with van der Waals surface area (Å²) in [5.41, 5.74) is 0. The van der Waals surface area contributed by atoms with Crippen LogP contribution in [0.4, 0.5) is 0 Å². The topological polar surface area (TPSA) is 41.6 Å². The van der Waals surface area contributed by atoms with Gasteiger partial charge in [0.2, 0.25) is 5.91 Å². The van der Waals surface area contributed by atoms with E-state index in [1.807, 2.05) is 14.0 Å². The summed E-state index contributed by atoms with van der Waals surface area (Å²) in [6.45, 7) is 9.10. The van der Waals surface area contributed by atoms with E-state index in [2.05, 4.69) is 19.2 Å². The predicted molar refractivity (Wildman–Crippen MR) is 66.5 cm³/mol. The number of likely N-dealkylation sites (N-methyl/N-ethyl adjacent to an activating group) is 1. The summed E-state index contributed by atoms with van der Waals surface area (Å²) < 4.78 is 5.21. The van der Waals surface area contributed by atoms with Crippen LogP contribution in [-0.4, -0.2) is 50.2 Å². The number of amides is 1. The maximum absolute atomic E-state index is 11.6. The van der Waals surface area contributed by atoms with Gasteiger partial charge in [-0.1, -0.05) is 13.8 Å². The normalized spacial score (nSPS) is 10.8. The molecule has 0 aromatic carbocycles. The van der Waals surface area contributed by atoms with E-state index in [4.69, 9.17) is 4.74 Å². The van der Waals surface area contributed by atoms with Crippen molar-refractivity contribution in [2.24, 2.45) is 0 Å². The van der Waals surface area contributed by atoms with E-state index in [1.165, 1.54) is 0 Å². The van der Waals surface area contributed by atoms with Crippen molar-refractivity contribution in [3.8, 4) is 0 Å². The van der Waals surface area contributed by atoms with Crippen LogP contribution in [0, 0.1) is 0 Å². The van der Waals surface area contributed by atoms with Crippen LogP contribution in [-0.2, 0) is 9.53 Å². The van der Waals surface area contributed by atoms with E-state index in [0.717, 1.165) is 13.0 Å². The summed E-state index contributed by atoms with van der Waals surface area (Å²) in [5, 5.41) is 3.30. The average Bonchev–Trinajstić information content (AvgIpc) is 2.24. The first-order chi connectivity index (χ1) is 7.57. The summed E-state index contributed by atoms with van der Waals surface area (Å²) in [5.74, 6) is 0.199. The highest BCUT2D eigenvalue weighted by molar-refractivity contribution is 5.75. The van der Waals surface area contributed by atoms with Crippen molar-refractivity contribution in [3.05, 3.63) is 0 Å². The molecule has 4 nitrogen and oxygen atoms in total. The van der Waals surface area contributed by atoms with Crippen molar-refractivity contribution in [3.63, 3.8) is 0 Å². The van der Waals surface area contributed by atoms with Gasteiger partial charge in [-0.15, -0.1) is 0 Å². The van der Waals surface area contributed by atoms with Crippen LogP contribution in [0.3, 0.4) is 0 Å². The van der Waals surface area contributed by atoms with E-state index >= 15 is 0 Å². The highest BCUT2D eigenvalue weighted by atomic mass is 16.5. The minimum absolute atomic E-state index is 0.199. The van der Waals surface area contributed by atoms with Crippen LogP contribution in [0.15, 0.2) is 0 Å². The molecule has 4 heteroatoms. The third kappa shape index (κ3) is 8.68. The summed E-state index contributed by atoms with van der Waals surface area (Å²) in [6.07, 6.45) is 1.51. The highest BCUT2D eigenvalue weighted by Gasteiger charge is 2.07. The van der Waals surface area contributed by atoms with Gasteiger partial charge in [0.1, 0.15) is 0 Å². The Kier molecular flexibility index (Phi) is 9.24. The molecule has 96 valence electrons. The van der Waals surface area contributed by atoms with Crippen molar-refractivity contribution >= 4 is 5.91 Å². The second-order valence-electron chi connectivity index (χ2n) is 4.22. The molecule has 0 bridgehead atoms. The monoisotopic (exact) mass is 230 g/mol. The lowest BCUT2D eigenvalue weighted by Crippen LogP contribution is -2.31. The second-order valence-corrected chi connectivity index (χ2v) is 4.22. The number of hydrogen-bond donors (Lipinski definition) is 1. The Labute approximate surface area is 99.3 Å². The molecule has 0 saturated carbocycles. The largest absolute Gasteiger partial charge is 0.380 e. The summed E-state index contributed by atoms with van der Waals surface area (Å²) >= 11 is 0. The number of rotatable bonds is 9. The van der Waals surface area contributed by atoms with Gasteiger partial charge in [0.25, 0.3) is 0 Å². The van der Waals surface area contributed by atoms with Gasteiger partial charge in [-0.2, -0.15) is 0 Å². The van der Waals surface area contributed by atoms with Crippen LogP contribution in [0.1, 0.15) is 33.6 Å². The zero-order valence-corrected chi connectivity index (χ0v) is 11.1. The Hall–Kier alpha value is -0.610. The molecule has 1 N–H and O–H groups in total. The molecular formula is C12H26N2O2. The van der Waals surface area contributed by atoms with E-state index in [-0.39, 0.29) is 5.91 Å². The molecule has 0 saturated heterocycles. The first kappa shape index (κ1) is 15.4. The van der Waals surface area contributed by atoms with Crippen molar-refractivity contribution in [2.45, 2.75) is 39.7 Å². The van der Waals surface area contributed by atoms with Crippen LogP contribution in [0.25, 0.3) is 0 Å². The second kappa shape index (κ2) is 9.60. The molecule has 0 aliphatic rings. The number of ether oxygens (including phenoxy) is 1. The average molecular weight is 230 g/mol. The predicted octanol–water partition coefficient (Wildman–Crippen LogP) is 1.26. The number of nitrogens with zero attached hydrogens (tertiary/aromatic N) is 1. The molecule has 1 amide bonds. The standard InChI is InChI=1S/C12H26N2O2/c1-5-16-10-9-14(4)12(15)7-6-8-13-11(2)3/h11,13H,5-10H2,1-4H3. The van der Waals surface area contributed by atoms with Gasteiger partial charge in [0.05, 0.1) is 6.61 Å². The van der Waals surface area contributed by atoms with E-state index in [0.29, 0.717) is 32.2 Å². The third-order valence-electron chi connectivity index (χ3n) is 2.32. The lowest BCUT2D eigenvalue weighted by molar-refractivity contribution is -0.130. The molecule has 0 radical (unpaired) electrons. The van der Waals surface area contributed by atoms with Crippen molar-refractivity contribution < 1.29 is 9.53 Å². The number of hydrogen-bond acceptors (Lipinski definition) is 3. The molecule has 0 aromatic heterocycles. The molecule has 0 aliphatic carbocycles. The van der Waals surface area contributed by atoms with Gasteiger partial charge in [-0.25, -0.2) is 0 Å². The number of carbonyl (C=O) groups excluding carboxylic acids is 1. The summed E-state index contributed by atoms with van der Waals surface area (Å²) in [4.78, 5) is 13.4. The fourth-order valence-electron chi connectivity index (χ4n) is 1.29. The Morgan fingerprint density at radius 1 is 1.44 bits per heavy atom. The smallest absolute Gasteiger partial charge is 0.222 e. The van der Waals surface area contributed by atoms with Crippen LogP contribution < -0.4 is 5.32 Å². The fourth-order valence-corrected chi connectivity index (χ4v) is 1.29. The number of nitrogens with one attached hydrogen (secondary N) is 1. The molecule has 0 heterocycles. The van der Waals surface area contributed by atoms with Crippen LogP contribution in [0.5, 0.6) is 0 Å². The lowest BCUT2D eigenvalue weighted by atomic mass is 10.2. The molecule has 0 unspecified atom stereocenters. The first-order valence-corrected chi connectivity index (χ1v) is 6.13. The Balaban J connectivity index is 3.47. The van der Waals surface area contributed by atoms with E-state index < -0.39 is 0 Å². The third-order valence-corrected chi connectivity index (χ3v) is 2.32. The van der Waals surface area contributed by atoms with Crippen LogP contribution >= 0.6 is 0 Å². The minimum Gasteiger partial charge on any atom is -0.380 e. The molecule has 0 fully saturated rings. The zero-order chi connectivity index (χ0) is 12.4. The van der Waals surface area contributed by atoms with Crippen molar-refractivity contribution in [2.75, 3.05) is 33.4 Å². The van der Waals surface area contributed by atoms with Crippen LogP contribution in [0.2, 0.25) is 0 Å². The quantitative estimate of drug-likeness (QED) is 0.606. The van der Waals surface area contributed by atoms with Gasteiger partial charge in [0, 0.05) is 32.7 Å². The summed E-state index contributed by atoms with van der Waals surface area (Å²) in [6, 6.07) is 0.491. The first-order valence-electron chi connectivity index (χ1n) is 6.13. The van der Waals surface area contributed by atoms with Crippen molar-refractivity contribution in [1.29, 1.82) is 0 Å². The molecule has 16 heavy (non-hydrogen) atoms. The Morgan fingerprint density at radius 3 is 2.69 bits per heavy atom. The molecule has 0 aromatic rings. The zero-order valence-electron chi connectivity index (χ0n) is 11.1. The molecule has 0 aliphatic heterocycles. The molecule has 0 atom stereocenters. The van der Waals surface area contributed by atoms with Gasteiger partial charge in [-0.05, 0) is 19.9 Å². The maximum Gasteiger partial charge on any atom is 0.222 e. The molecular weight excluding hydrogens is 204 g/mol. The maximum atomic E-state index is 11.6. The Bertz CT molecular complexity index is 184. The SMILES string of the molecule is CCOCCN(C)C(=O)CCCNC(C)C. The molecule has 0 rings (SSSR count). The fraction of sp³-hybridized carbons (Fsp3) is 0.917. The number of carbonyl (C=O) groups is 1. The lowest BCUT2D eigenvalue weighted by Gasteiger charge is -2.17. The Morgan fingerprint density at radius 2 is 2.12 bits per heavy atom. The highest BCUT2D eigenvalue weighted by Crippen LogP contribution is 1.95. The van der Waals surface area contributed by atoms with Crippen molar-refractivity contribution in [1.82, 2.24) is 10.2 Å². The summed E-state index contributed by atoms with van der Waals surface area (Å²) in [7, 11) is 1.83. The van der Waals surface area contributed by atoms with Gasteiger partial charge in [-0.3, -0.25) is 4.79 Å². The van der Waals surface area contributed by atoms with E-state index in [9.17, 15) is 4.79 Å². The van der Waals surface area contributed by atoms with E-state index in [1.54, 1.807) is 4.90 Å². The van der Waals surface area contributed by atoms with Gasteiger partial charge >= 0.3 is 0 Å².